The maximum atomic E-state index is 9.23. The molecule has 0 radical (unpaired) electrons. The lowest BCUT2D eigenvalue weighted by Crippen LogP contribution is -2.46. The zero-order valence-electron chi connectivity index (χ0n) is 10.9. The highest BCUT2D eigenvalue weighted by Crippen LogP contribution is 2.21. The number of nitrogens with one attached hydrogen (secondary N) is 1. The van der Waals surface area contributed by atoms with Crippen molar-refractivity contribution in [3.8, 4) is 0 Å². The maximum absolute atomic E-state index is 9.23. The van der Waals surface area contributed by atoms with Crippen LogP contribution in [0.5, 0.6) is 0 Å². The summed E-state index contributed by atoms with van der Waals surface area (Å²) in [7, 11) is 0. The van der Waals surface area contributed by atoms with E-state index in [2.05, 4.69) is 24.1 Å². The molecule has 0 aromatic rings. The molecule has 0 spiro atoms. The quantitative estimate of drug-likeness (QED) is 0.692. The third-order valence-corrected chi connectivity index (χ3v) is 3.60. The van der Waals surface area contributed by atoms with Gasteiger partial charge in [-0.3, -0.25) is 0 Å². The Kier molecular flexibility index (Phi) is 7.01. The molecule has 1 aliphatic heterocycles. The summed E-state index contributed by atoms with van der Waals surface area (Å²) in [5.74, 6) is 0.952. The summed E-state index contributed by atoms with van der Waals surface area (Å²) < 4.78 is 0. The molecule has 1 unspecified atom stereocenters. The number of nitrogens with zero attached hydrogens (tertiary/aromatic N) is 1. The minimum Gasteiger partial charge on any atom is -0.395 e. The normalized spacial score (nSPS) is 21.2. The molecule has 1 rings (SSSR count). The summed E-state index contributed by atoms with van der Waals surface area (Å²) >= 11 is 0. The fourth-order valence-electron chi connectivity index (χ4n) is 2.65. The van der Waals surface area contributed by atoms with E-state index in [0.29, 0.717) is 0 Å². The fourth-order valence-corrected chi connectivity index (χ4v) is 2.65. The second kappa shape index (κ2) is 8.04. The standard InChI is InChI=1S/C13H28N2O/c1-3-5-12-6-8-15(9-7-12)10-13(11-16)14-4-2/h12-14,16H,3-11H2,1-2H3. The molecule has 0 aromatic heterocycles. The molecule has 0 aromatic carbocycles. The minimum absolute atomic E-state index is 0.253. The smallest absolute Gasteiger partial charge is 0.0597 e. The summed E-state index contributed by atoms with van der Waals surface area (Å²) in [6, 6.07) is 0.257. The van der Waals surface area contributed by atoms with Crippen molar-refractivity contribution >= 4 is 0 Å². The summed E-state index contributed by atoms with van der Waals surface area (Å²) in [4.78, 5) is 2.50. The zero-order valence-corrected chi connectivity index (χ0v) is 10.9. The molecule has 3 heteroatoms. The predicted molar refractivity (Wildman–Crippen MR) is 68.6 cm³/mol. The van der Waals surface area contributed by atoms with Crippen LogP contribution >= 0.6 is 0 Å². The second-order valence-corrected chi connectivity index (χ2v) is 4.97. The molecule has 1 heterocycles. The van der Waals surface area contributed by atoms with Crippen molar-refractivity contribution in [1.82, 2.24) is 10.2 Å². The van der Waals surface area contributed by atoms with Gasteiger partial charge in [-0.25, -0.2) is 0 Å². The molecule has 0 amide bonds. The van der Waals surface area contributed by atoms with Crippen LogP contribution in [-0.4, -0.2) is 48.8 Å². The summed E-state index contributed by atoms with van der Waals surface area (Å²) in [5.41, 5.74) is 0. The lowest BCUT2D eigenvalue weighted by molar-refractivity contribution is 0.140. The molecular weight excluding hydrogens is 200 g/mol. The topological polar surface area (TPSA) is 35.5 Å². The third kappa shape index (κ3) is 4.81. The van der Waals surface area contributed by atoms with Crippen molar-refractivity contribution in [2.45, 2.75) is 45.6 Å². The van der Waals surface area contributed by atoms with Crippen LogP contribution in [0, 0.1) is 5.92 Å². The number of likely N-dealkylation sites (N-methyl/N-ethyl adjacent to an activating group) is 1. The van der Waals surface area contributed by atoms with Crippen molar-refractivity contribution < 1.29 is 5.11 Å². The average molecular weight is 228 g/mol. The average Bonchev–Trinajstić information content (AvgIpc) is 2.31. The van der Waals surface area contributed by atoms with Crippen molar-refractivity contribution in [1.29, 1.82) is 0 Å². The van der Waals surface area contributed by atoms with E-state index < -0.39 is 0 Å². The van der Waals surface area contributed by atoms with Gasteiger partial charge in [-0.05, 0) is 38.4 Å². The monoisotopic (exact) mass is 228 g/mol. The summed E-state index contributed by atoms with van der Waals surface area (Å²) in [5, 5.41) is 12.6. The lowest BCUT2D eigenvalue weighted by Gasteiger charge is -2.34. The van der Waals surface area contributed by atoms with Crippen LogP contribution in [0.1, 0.15) is 39.5 Å². The Labute approximate surface area is 100 Å². The van der Waals surface area contributed by atoms with E-state index in [0.717, 1.165) is 19.0 Å². The van der Waals surface area contributed by atoms with E-state index in [9.17, 15) is 5.11 Å². The van der Waals surface area contributed by atoms with Crippen molar-refractivity contribution in [2.75, 3.05) is 32.8 Å². The molecule has 1 fully saturated rings. The van der Waals surface area contributed by atoms with E-state index in [1.54, 1.807) is 0 Å². The molecule has 2 N–H and O–H groups in total. The van der Waals surface area contributed by atoms with Gasteiger partial charge in [0.15, 0.2) is 0 Å². The Morgan fingerprint density at radius 2 is 2.00 bits per heavy atom. The van der Waals surface area contributed by atoms with E-state index in [-0.39, 0.29) is 12.6 Å². The number of hydrogen-bond donors (Lipinski definition) is 2. The Bertz CT molecular complexity index is 167. The Balaban J connectivity index is 2.20. The predicted octanol–water partition coefficient (Wildman–Crippen LogP) is 1.47. The number of aliphatic hydroxyl groups is 1. The molecular formula is C13H28N2O. The molecule has 1 aliphatic rings. The van der Waals surface area contributed by atoms with Gasteiger partial charge in [0, 0.05) is 12.6 Å². The molecule has 16 heavy (non-hydrogen) atoms. The summed E-state index contributed by atoms with van der Waals surface area (Å²) in [6.45, 7) is 9.00. The lowest BCUT2D eigenvalue weighted by atomic mass is 9.92. The molecule has 96 valence electrons. The molecule has 0 aliphatic carbocycles. The van der Waals surface area contributed by atoms with Crippen LogP contribution in [0.4, 0.5) is 0 Å². The van der Waals surface area contributed by atoms with E-state index in [1.165, 1.54) is 38.8 Å². The van der Waals surface area contributed by atoms with Crippen LogP contribution < -0.4 is 5.32 Å². The van der Waals surface area contributed by atoms with Crippen molar-refractivity contribution in [3.63, 3.8) is 0 Å². The number of rotatable bonds is 7. The van der Waals surface area contributed by atoms with Gasteiger partial charge in [0.25, 0.3) is 0 Å². The van der Waals surface area contributed by atoms with Gasteiger partial charge in [0.1, 0.15) is 0 Å². The van der Waals surface area contributed by atoms with Gasteiger partial charge >= 0.3 is 0 Å². The van der Waals surface area contributed by atoms with E-state index in [4.69, 9.17) is 0 Å². The number of hydrogen-bond acceptors (Lipinski definition) is 3. The van der Waals surface area contributed by atoms with Crippen molar-refractivity contribution in [2.24, 2.45) is 5.92 Å². The zero-order chi connectivity index (χ0) is 11.8. The molecule has 1 atom stereocenters. The first-order valence-electron chi connectivity index (χ1n) is 6.86. The van der Waals surface area contributed by atoms with E-state index in [1.807, 2.05) is 0 Å². The number of likely N-dealkylation sites (tertiary alicyclic amines) is 1. The Morgan fingerprint density at radius 3 is 2.50 bits per heavy atom. The Morgan fingerprint density at radius 1 is 1.31 bits per heavy atom. The van der Waals surface area contributed by atoms with Crippen molar-refractivity contribution in [3.05, 3.63) is 0 Å². The van der Waals surface area contributed by atoms with Crippen LogP contribution in [0.3, 0.4) is 0 Å². The van der Waals surface area contributed by atoms with Crippen LogP contribution in [0.15, 0.2) is 0 Å². The number of piperidine rings is 1. The van der Waals surface area contributed by atoms with Crippen LogP contribution in [0.2, 0.25) is 0 Å². The van der Waals surface area contributed by atoms with Gasteiger partial charge in [0.2, 0.25) is 0 Å². The van der Waals surface area contributed by atoms with Gasteiger partial charge in [-0.2, -0.15) is 0 Å². The van der Waals surface area contributed by atoms with E-state index >= 15 is 0 Å². The summed E-state index contributed by atoms with van der Waals surface area (Å²) in [6.07, 6.45) is 5.40. The molecule has 0 bridgehead atoms. The Hall–Kier alpha value is -0.120. The number of aliphatic hydroxyl groups excluding tert-OH is 1. The SMILES string of the molecule is CCCC1CCN(CC(CO)NCC)CC1. The van der Waals surface area contributed by atoms with Crippen LogP contribution in [0.25, 0.3) is 0 Å². The first-order chi connectivity index (χ1) is 7.80. The van der Waals surface area contributed by atoms with Gasteiger partial charge in [0.05, 0.1) is 6.61 Å². The largest absolute Gasteiger partial charge is 0.395 e. The van der Waals surface area contributed by atoms with Gasteiger partial charge in [-0.15, -0.1) is 0 Å². The molecule has 0 saturated carbocycles. The minimum atomic E-state index is 0.253. The third-order valence-electron chi connectivity index (χ3n) is 3.60. The van der Waals surface area contributed by atoms with Crippen LogP contribution in [-0.2, 0) is 0 Å². The highest BCUT2D eigenvalue weighted by molar-refractivity contribution is 4.76. The fraction of sp³-hybridized carbons (Fsp3) is 1.00. The first-order valence-corrected chi connectivity index (χ1v) is 6.86. The molecule has 3 nitrogen and oxygen atoms in total. The molecule has 1 saturated heterocycles. The van der Waals surface area contributed by atoms with Gasteiger partial charge in [-0.1, -0.05) is 26.7 Å². The maximum Gasteiger partial charge on any atom is 0.0597 e. The van der Waals surface area contributed by atoms with Gasteiger partial charge < -0.3 is 15.3 Å². The highest BCUT2D eigenvalue weighted by atomic mass is 16.3. The second-order valence-electron chi connectivity index (χ2n) is 4.97. The highest BCUT2D eigenvalue weighted by Gasteiger charge is 2.20. The first kappa shape index (κ1) is 13.9.